The van der Waals surface area contributed by atoms with Gasteiger partial charge in [0.25, 0.3) is 0 Å². The van der Waals surface area contributed by atoms with E-state index in [0.29, 0.717) is 6.54 Å². The average Bonchev–Trinajstić information content (AvgIpc) is 3.20. The Hall–Kier alpha value is -2.01. The van der Waals surface area contributed by atoms with E-state index in [1.807, 2.05) is 0 Å². The van der Waals surface area contributed by atoms with Crippen molar-refractivity contribution in [2.24, 2.45) is 4.99 Å². The molecule has 3 rings (SSSR count). The maximum Gasteiger partial charge on any atom is 0.194 e. The van der Waals surface area contributed by atoms with Gasteiger partial charge in [-0.15, -0.1) is 0 Å². The molecule has 24 heavy (non-hydrogen) atoms. The predicted octanol–water partition coefficient (Wildman–Crippen LogP) is 2.30. The quantitative estimate of drug-likeness (QED) is 0.583. The van der Waals surface area contributed by atoms with Crippen molar-refractivity contribution in [1.29, 1.82) is 0 Å². The van der Waals surface area contributed by atoms with Gasteiger partial charge in [-0.2, -0.15) is 0 Å². The van der Waals surface area contributed by atoms with Crippen LogP contribution >= 0.6 is 0 Å². The number of nitrogens with one attached hydrogen (secondary N) is 2. The van der Waals surface area contributed by atoms with Crippen molar-refractivity contribution < 1.29 is 5.11 Å². The van der Waals surface area contributed by atoms with E-state index < -0.39 is 0 Å². The maximum atomic E-state index is 9.73. The zero-order valence-corrected chi connectivity index (χ0v) is 14.7. The topological polar surface area (TPSA) is 63.7 Å². The first-order chi connectivity index (χ1) is 11.7. The first-order valence-electron chi connectivity index (χ1n) is 9.02. The van der Waals surface area contributed by atoms with Crippen molar-refractivity contribution in [2.45, 2.75) is 39.2 Å². The molecule has 0 spiro atoms. The van der Waals surface area contributed by atoms with Crippen LogP contribution in [-0.2, 0) is 12.8 Å². The number of aryl methyl sites for hydroxylation is 1. The number of β-amino-alcohol motifs (C(OH)–C–C–N with tert-alkyl or cyclic N) is 1. The van der Waals surface area contributed by atoms with Crippen molar-refractivity contribution >= 4 is 16.9 Å². The van der Waals surface area contributed by atoms with Crippen LogP contribution in [0.5, 0.6) is 0 Å². The molecule has 1 aliphatic rings. The number of fused-ring (bicyclic) bond motifs is 1. The lowest BCUT2D eigenvalue weighted by Gasteiger charge is -2.20. The van der Waals surface area contributed by atoms with Crippen LogP contribution in [0.1, 0.15) is 31.4 Å². The van der Waals surface area contributed by atoms with E-state index >= 15 is 0 Å². The molecule has 0 amide bonds. The normalized spacial score (nSPS) is 18.5. The van der Waals surface area contributed by atoms with Gasteiger partial charge < -0.3 is 20.3 Å². The van der Waals surface area contributed by atoms with Gasteiger partial charge in [-0.25, -0.2) is 0 Å². The number of para-hydroxylation sites is 1. The third-order valence-electron chi connectivity index (χ3n) is 4.71. The van der Waals surface area contributed by atoms with E-state index in [9.17, 15) is 5.11 Å². The molecule has 1 fully saturated rings. The third kappa shape index (κ3) is 3.56. The van der Waals surface area contributed by atoms with E-state index in [1.54, 1.807) is 0 Å². The monoisotopic (exact) mass is 328 g/mol. The molecule has 2 aromatic rings. The molecule has 5 heteroatoms. The van der Waals surface area contributed by atoms with Crippen molar-refractivity contribution in [3.05, 3.63) is 35.5 Å². The lowest BCUT2D eigenvalue weighted by atomic mass is 10.1. The minimum absolute atomic E-state index is 0.227. The number of aliphatic hydroxyl groups excluding tert-OH is 1. The number of hydrogen-bond donors (Lipinski definition) is 3. The second-order valence-corrected chi connectivity index (χ2v) is 6.38. The highest BCUT2D eigenvalue weighted by Crippen LogP contribution is 2.22. The van der Waals surface area contributed by atoms with Crippen LogP contribution in [0, 0.1) is 0 Å². The standard InChI is InChI=1S/C19H28N4O/c1-3-14-6-5-7-17-15(12-22-18(14)17)8-10-21-19(20-4-2)23-11-9-16(24)13-23/h5-7,12,16,22,24H,3-4,8-11,13H2,1-2H3,(H,20,21)/t16-/m1/s1. The SMILES string of the molecule is CCNC(=NCCc1c[nH]c2c(CC)cccc12)N1CC[C@@H](O)C1. The van der Waals surface area contributed by atoms with E-state index in [4.69, 9.17) is 4.99 Å². The van der Waals surface area contributed by atoms with Gasteiger partial charge in [-0.3, -0.25) is 4.99 Å². The van der Waals surface area contributed by atoms with Crippen molar-refractivity contribution in [1.82, 2.24) is 15.2 Å². The molecule has 130 valence electrons. The molecule has 2 heterocycles. The first-order valence-corrected chi connectivity index (χ1v) is 9.02. The second kappa shape index (κ2) is 7.71. The number of benzene rings is 1. The summed E-state index contributed by atoms with van der Waals surface area (Å²) in [5.74, 6) is 0.920. The highest BCUT2D eigenvalue weighted by atomic mass is 16.3. The molecule has 5 nitrogen and oxygen atoms in total. The van der Waals surface area contributed by atoms with Crippen LogP contribution < -0.4 is 5.32 Å². The number of aromatic amines is 1. The Kier molecular flexibility index (Phi) is 5.41. The Bertz CT molecular complexity index is 706. The molecule has 0 unspecified atom stereocenters. The van der Waals surface area contributed by atoms with Gasteiger partial charge in [-0.1, -0.05) is 25.1 Å². The largest absolute Gasteiger partial charge is 0.391 e. The summed E-state index contributed by atoms with van der Waals surface area (Å²) >= 11 is 0. The smallest absolute Gasteiger partial charge is 0.194 e. The summed E-state index contributed by atoms with van der Waals surface area (Å²) in [5.41, 5.74) is 3.94. The molecule has 1 aliphatic heterocycles. The molecule has 3 N–H and O–H groups in total. The fourth-order valence-corrected chi connectivity index (χ4v) is 3.42. The Labute approximate surface area is 143 Å². The van der Waals surface area contributed by atoms with Gasteiger partial charge >= 0.3 is 0 Å². The lowest BCUT2D eigenvalue weighted by molar-refractivity contribution is 0.188. The van der Waals surface area contributed by atoms with Crippen molar-refractivity contribution in [2.75, 3.05) is 26.2 Å². The van der Waals surface area contributed by atoms with Crippen LogP contribution in [0.25, 0.3) is 10.9 Å². The third-order valence-corrected chi connectivity index (χ3v) is 4.71. The van der Waals surface area contributed by atoms with Gasteiger partial charge in [0.15, 0.2) is 5.96 Å². The summed E-state index contributed by atoms with van der Waals surface area (Å²) in [6.45, 7) is 7.41. The summed E-state index contributed by atoms with van der Waals surface area (Å²) < 4.78 is 0. The summed E-state index contributed by atoms with van der Waals surface area (Å²) in [6, 6.07) is 6.51. The molecule has 0 saturated carbocycles. The number of likely N-dealkylation sites (tertiary alicyclic amines) is 1. The summed E-state index contributed by atoms with van der Waals surface area (Å²) in [7, 11) is 0. The van der Waals surface area contributed by atoms with Gasteiger partial charge in [-0.05, 0) is 37.3 Å². The number of guanidine groups is 1. The van der Waals surface area contributed by atoms with Crippen LogP contribution in [0.15, 0.2) is 29.4 Å². The molecule has 0 aliphatic carbocycles. The zero-order valence-electron chi connectivity index (χ0n) is 14.7. The predicted molar refractivity (Wildman–Crippen MR) is 99.6 cm³/mol. The van der Waals surface area contributed by atoms with Crippen LogP contribution in [-0.4, -0.2) is 53.2 Å². The minimum atomic E-state index is -0.227. The highest BCUT2D eigenvalue weighted by Gasteiger charge is 2.22. The van der Waals surface area contributed by atoms with Gasteiger partial charge in [0.2, 0.25) is 0 Å². The first kappa shape index (κ1) is 16.8. The highest BCUT2D eigenvalue weighted by molar-refractivity contribution is 5.86. The summed E-state index contributed by atoms with van der Waals surface area (Å²) in [6.07, 6.45) is 4.67. The molecular formula is C19H28N4O. The second-order valence-electron chi connectivity index (χ2n) is 6.38. The van der Waals surface area contributed by atoms with Crippen molar-refractivity contribution in [3.63, 3.8) is 0 Å². The maximum absolute atomic E-state index is 9.73. The van der Waals surface area contributed by atoms with Gasteiger partial charge in [0.05, 0.1) is 6.10 Å². The molecule has 0 radical (unpaired) electrons. The number of aliphatic imine (C=N–C) groups is 1. The number of H-pyrrole nitrogens is 1. The molecular weight excluding hydrogens is 300 g/mol. The summed E-state index contributed by atoms with van der Waals surface area (Å²) in [4.78, 5) is 10.3. The Morgan fingerprint density at radius 2 is 2.25 bits per heavy atom. The Morgan fingerprint density at radius 1 is 1.38 bits per heavy atom. The number of hydrogen-bond acceptors (Lipinski definition) is 2. The number of aliphatic hydroxyl groups is 1. The number of aromatic nitrogens is 1. The molecule has 1 aromatic heterocycles. The number of rotatable bonds is 5. The van der Waals surface area contributed by atoms with Crippen LogP contribution in [0.3, 0.4) is 0 Å². The fourth-order valence-electron chi connectivity index (χ4n) is 3.42. The Morgan fingerprint density at radius 3 is 2.96 bits per heavy atom. The molecule has 0 bridgehead atoms. The van der Waals surface area contributed by atoms with Crippen LogP contribution in [0.4, 0.5) is 0 Å². The molecule has 1 aromatic carbocycles. The van der Waals surface area contributed by atoms with Crippen molar-refractivity contribution in [3.8, 4) is 0 Å². The average molecular weight is 328 g/mol. The zero-order chi connectivity index (χ0) is 16.9. The summed E-state index contributed by atoms with van der Waals surface area (Å²) in [5, 5.41) is 14.4. The Balaban J connectivity index is 1.70. The van der Waals surface area contributed by atoms with Gasteiger partial charge in [0, 0.05) is 43.3 Å². The van der Waals surface area contributed by atoms with Crippen LogP contribution in [0.2, 0.25) is 0 Å². The number of nitrogens with zero attached hydrogens (tertiary/aromatic N) is 2. The fraction of sp³-hybridized carbons (Fsp3) is 0.526. The minimum Gasteiger partial charge on any atom is -0.391 e. The molecule has 1 atom stereocenters. The lowest BCUT2D eigenvalue weighted by Crippen LogP contribution is -2.40. The van der Waals surface area contributed by atoms with E-state index in [-0.39, 0.29) is 6.10 Å². The van der Waals surface area contributed by atoms with E-state index in [0.717, 1.165) is 44.9 Å². The molecule has 1 saturated heterocycles. The van der Waals surface area contributed by atoms with E-state index in [1.165, 1.54) is 22.0 Å². The van der Waals surface area contributed by atoms with Gasteiger partial charge in [0.1, 0.15) is 0 Å². The van der Waals surface area contributed by atoms with E-state index in [2.05, 4.69) is 53.4 Å².